The summed E-state index contributed by atoms with van der Waals surface area (Å²) in [7, 11) is 1.44. The lowest BCUT2D eigenvalue weighted by atomic mass is 10.1. The average Bonchev–Trinajstić information content (AvgIpc) is 3.69. The fourth-order valence-electron chi connectivity index (χ4n) is 4.66. The molecular formula is C27H26F2N6O4. The largest absolute Gasteiger partial charge is 0.477 e. The molecule has 1 aliphatic heterocycles. The maximum atomic E-state index is 14.9. The van der Waals surface area contributed by atoms with Crippen molar-refractivity contribution < 1.29 is 23.5 Å². The number of hydrogen-bond acceptors (Lipinski definition) is 8. The van der Waals surface area contributed by atoms with Crippen LogP contribution in [0.15, 0.2) is 58.7 Å². The number of nitrogens with zero attached hydrogens (tertiary/aromatic N) is 5. The Labute approximate surface area is 221 Å². The third-order valence-electron chi connectivity index (χ3n) is 6.76. The Kier molecular flexibility index (Phi) is 7.20. The topological polar surface area (TPSA) is 136 Å². The number of nitrogens with two attached hydrogens (primary N) is 1. The lowest BCUT2D eigenvalue weighted by Crippen LogP contribution is -2.26. The van der Waals surface area contributed by atoms with Gasteiger partial charge in [-0.05, 0) is 43.2 Å². The number of carbonyl (C=O) groups is 1. The number of oxime groups is 1. The van der Waals surface area contributed by atoms with Crippen LogP contribution in [0.4, 0.5) is 14.6 Å². The van der Waals surface area contributed by atoms with Gasteiger partial charge in [0.2, 0.25) is 5.43 Å². The van der Waals surface area contributed by atoms with Gasteiger partial charge in [-0.3, -0.25) is 9.78 Å². The Morgan fingerprint density at radius 2 is 2.00 bits per heavy atom. The third kappa shape index (κ3) is 5.15. The minimum atomic E-state index is -1.34. The zero-order valence-electron chi connectivity index (χ0n) is 21.1. The van der Waals surface area contributed by atoms with Crippen LogP contribution in [-0.2, 0) is 4.84 Å². The van der Waals surface area contributed by atoms with Crippen molar-refractivity contribution in [3.05, 3.63) is 76.2 Å². The van der Waals surface area contributed by atoms with Crippen molar-refractivity contribution in [2.45, 2.75) is 18.9 Å². The molecule has 10 nitrogen and oxygen atoms in total. The fourth-order valence-corrected chi connectivity index (χ4v) is 4.66. The van der Waals surface area contributed by atoms with Crippen LogP contribution in [0.5, 0.6) is 0 Å². The molecule has 1 unspecified atom stereocenters. The molecular weight excluding hydrogens is 510 g/mol. The number of carboxylic acids is 1. The van der Waals surface area contributed by atoms with Crippen LogP contribution < -0.4 is 16.1 Å². The minimum Gasteiger partial charge on any atom is -0.477 e. The van der Waals surface area contributed by atoms with E-state index < -0.39 is 17.2 Å². The van der Waals surface area contributed by atoms with E-state index in [1.165, 1.54) is 19.4 Å². The summed E-state index contributed by atoms with van der Waals surface area (Å²) in [6.45, 7) is 1.07. The predicted molar refractivity (Wildman–Crippen MR) is 142 cm³/mol. The van der Waals surface area contributed by atoms with Crippen molar-refractivity contribution in [3.8, 4) is 0 Å². The second kappa shape index (κ2) is 10.7. The maximum absolute atomic E-state index is 14.9. The Morgan fingerprint density at radius 3 is 2.67 bits per heavy atom. The maximum Gasteiger partial charge on any atom is 0.341 e. The van der Waals surface area contributed by atoms with Gasteiger partial charge in [0.05, 0.1) is 23.2 Å². The Balaban J connectivity index is 0.000000233. The molecule has 39 heavy (non-hydrogen) atoms. The van der Waals surface area contributed by atoms with E-state index in [1.54, 1.807) is 39.9 Å². The van der Waals surface area contributed by atoms with Gasteiger partial charge >= 0.3 is 5.97 Å². The van der Waals surface area contributed by atoms with Crippen LogP contribution in [0.2, 0.25) is 0 Å². The zero-order chi connectivity index (χ0) is 27.7. The van der Waals surface area contributed by atoms with E-state index in [0.717, 1.165) is 18.9 Å². The average molecular weight is 537 g/mol. The second-order valence-electron chi connectivity index (χ2n) is 9.37. The van der Waals surface area contributed by atoms with Gasteiger partial charge in [0.15, 0.2) is 11.6 Å². The highest BCUT2D eigenvalue weighted by molar-refractivity contribution is 5.95. The molecule has 4 aromatic rings. The van der Waals surface area contributed by atoms with Crippen LogP contribution in [-0.4, -0.2) is 58.1 Å². The van der Waals surface area contributed by atoms with Gasteiger partial charge in [0, 0.05) is 42.8 Å². The van der Waals surface area contributed by atoms with Gasteiger partial charge in [-0.1, -0.05) is 11.2 Å². The molecule has 202 valence electrons. The highest BCUT2D eigenvalue weighted by Gasteiger charge is 2.33. The number of anilines is 1. The Morgan fingerprint density at radius 1 is 1.21 bits per heavy atom. The number of aromatic nitrogens is 3. The van der Waals surface area contributed by atoms with Crippen LogP contribution in [0.1, 0.15) is 29.2 Å². The van der Waals surface area contributed by atoms with E-state index in [1.807, 2.05) is 0 Å². The number of hydrogen-bond donors (Lipinski definition) is 2. The Hall–Kier alpha value is -4.45. The molecule has 3 N–H and O–H groups in total. The number of halogens is 2. The van der Waals surface area contributed by atoms with Gasteiger partial charge in [-0.2, -0.15) is 0 Å². The van der Waals surface area contributed by atoms with Crippen molar-refractivity contribution in [3.63, 3.8) is 0 Å². The van der Waals surface area contributed by atoms with Crippen LogP contribution in [0.25, 0.3) is 21.9 Å². The highest BCUT2D eigenvalue weighted by Crippen LogP contribution is 2.37. The number of benzene rings is 1. The van der Waals surface area contributed by atoms with Crippen LogP contribution in [0, 0.1) is 17.6 Å². The molecule has 2 aliphatic rings. The molecule has 12 heteroatoms. The van der Waals surface area contributed by atoms with Gasteiger partial charge in [0.25, 0.3) is 0 Å². The first kappa shape index (κ1) is 26.2. The summed E-state index contributed by atoms with van der Waals surface area (Å²) in [6, 6.07) is 9.47. The minimum absolute atomic E-state index is 0.0339. The first-order chi connectivity index (χ1) is 18.8. The first-order valence-corrected chi connectivity index (χ1v) is 12.3. The van der Waals surface area contributed by atoms with Crippen LogP contribution >= 0.6 is 0 Å². The molecule has 1 atom stereocenters. The van der Waals surface area contributed by atoms with E-state index in [0.29, 0.717) is 36.2 Å². The summed E-state index contributed by atoms with van der Waals surface area (Å²) in [5, 5.41) is 13.8. The van der Waals surface area contributed by atoms with E-state index >= 15 is 0 Å². The van der Waals surface area contributed by atoms with E-state index in [2.05, 4.69) is 15.1 Å². The zero-order valence-corrected chi connectivity index (χ0v) is 21.1. The Bertz CT molecular complexity index is 1650. The third-order valence-corrected chi connectivity index (χ3v) is 6.76. The lowest BCUT2D eigenvalue weighted by Gasteiger charge is -2.19. The van der Waals surface area contributed by atoms with Gasteiger partial charge in [0.1, 0.15) is 24.1 Å². The summed E-state index contributed by atoms with van der Waals surface area (Å²) >= 11 is 0. The van der Waals surface area contributed by atoms with Gasteiger partial charge < -0.3 is 25.1 Å². The predicted octanol–water partition coefficient (Wildman–Crippen LogP) is 3.34. The SMILES string of the molecule is CO/N=C1\CN(c2nc3c(cc2F)c(=O)c(C(=O)O)cn3C2CC2)CC1CN.Fc1cccc2ncccc12. The molecule has 1 saturated carbocycles. The number of pyridine rings is 3. The molecule has 0 bridgehead atoms. The highest BCUT2D eigenvalue weighted by atomic mass is 19.1. The van der Waals surface area contributed by atoms with Crippen molar-refractivity contribution in [2.75, 3.05) is 31.6 Å². The first-order valence-electron chi connectivity index (χ1n) is 12.3. The summed E-state index contributed by atoms with van der Waals surface area (Å²) in [5.74, 6) is -2.24. The smallest absolute Gasteiger partial charge is 0.341 e. The standard InChI is InChI=1S/C18H20FN5O4.C9H6FN/c1-28-22-14-8-23(6-9(14)5-20)17-13(19)4-11-15(25)12(18(26)27)7-24(10-2-3-10)16(11)21-17;10-8-4-1-5-9-7(8)3-2-6-11-9/h4,7,9-10H,2-3,5-6,8,20H2,1H3,(H,26,27);1-6H/b22-14+;. The molecule has 3 aromatic heterocycles. The summed E-state index contributed by atoms with van der Waals surface area (Å²) in [4.78, 5) is 38.9. The molecule has 0 amide bonds. The van der Waals surface area contributed by atoms with Crippen molar-refractivity contribution in [1.29, 1.82) is 0 Å². The van der Waals surface area contributed by atoms with E-state index in [9.17, 15) is 23.5 Å². The molecule has 0 radical (unpaired) electrons. The quantitative estimate of drug-likeness (QED) is 0.371. The van der Waals surface area contributed by atoms with Crippen molar-refractivity contribution in [2.24, 2.45) is 16.8 Å². The molecule has 1 saturated heterocycles. The lowest BCUT2D eigenvalue weighted by molar-refractivity contribution is 0.0695. The summed E-state index contributed by atoms with van der Waals surface area (Å²) in [5.41, 5.74) is 6.35. The number of aromatic carboxylic acids is 1. The van der Waals surface area contributed by atoms with Gasteiger partial charge in [-0.25, -0.2) is 18.6 Å². The fraction of sp³-hybridized carbons (Fsp3) is 0.296. The number of rotatable bonds is 5. The molecule has 6 rings (SSSR count). The molecule has 2 fully saturated rings. The van der Waals surface area contributed by atoms with E-state index in [-0.39, 0.29) is 40.2 Å². The van der Waals surface area contributed by atoms with E-state index in [4.69, 9.17) is 10.6 Å². The molecule has 1 aliphatic carbocycles. The van der Waals surface area contributed by atoms with Crippen LogP contribution in [0.3, 0.4) is 0 Å². The summed E-state index contributed by atoms with van der Waals surface area (Å²) in [6.07, 6.45) is 4.68. The monoisotopic (exact) mass is 536 g/mol. The molecule has 0 spiro atoms. The normalized spacial score (nSPS) is 17.9. The number of carboxylic acid groups (broad SMARTS) is 1. The second-order valence-corrected chi connectivity index (χ2v) is 9.37. The van der Waals surface area contributed by atoms with Gasteiger partial charge in [-0.15, -0.1) is 0 Å². The van der Waals surface area contributed by atoms with Crippen molar-refractivity contribution in [1.82, 2.24) is 14.5 Å². The summed E-state index contributed by atoms with van der Waals surface area (Å²) < 4.78 is 29.5. The number of fused-ring (bicyclic) bond motifs is 2. The van der Waals surface area contributed by atoms with Crippen molar-refractivity contribution >= 4 is 39.4 Å². The molecule has 1 aromatic carbocycles. The molecule has 4 heterocycles.